The lowest BCUT2D eigenvalue weighted by atomic mass is 10.1. The maximum absolute atomic E-state index is 12.5. The van der Waals surface area contributed by atoms with Crippen molar-refractivity contribution in [2.24, 2.45) is 5.92 Å². The average Bonchev–Trinajstić information content (AvgIpc) is 3.21. The molecule has 3 aromatic rings. The molecule has 7 nitrogen and oxygen atoms in total. The predicted molar refractivity (Wildman–Crippen MR) is 99.8 cm³/mol. The normalized spacial score (nSPS) is 12.2. The van der Waals surface area contributed by atoms with Gasteiger partial charge in [-0.15, -0.1) is 0 Å². The fourth-order valence-electron chi connectivity index (χ4n) is 2.77. The lowest BCUT2D eigenvalue weighted by Crippen LogP contribution is -2.25. The molecule has 0 bridgehead atoms. The quantitative estimate of drug-likeness (QED) is 0.740. The topological polar surface area (TPSA) is 77.6 Å². The maximum atomic E-state index is 12.5. The molecule has 7 heteroatoms. The van der Waals surface area contributed by atoms with Crippen LogP contribution in [0.5, 0.6) is 0 Å². The molecule has 136 valence electrons. The van der Waals surface area contributed by atoms with Crippen LogP contribution in [0.3, 0.4) is 0 Å². The molecule has 2 aromatic heterocycles. The minimum Gasteiger partial charge on any atom is -0.326 e. The number of aryl methyl sites for hydroxylation is 1. The molecule has 0 saturated heterocycles. The number of hydrogen-bond acceptors (Lipinski definition) is 4. The molecule has 0 saturated carbocycles. The highest BCUT2D eigenvalue weighted by Gasteiger charge is 2.17. The SMILES string of the molecule is Cc1nn(C[C@H](C)C(=O)Nc2ccc(Cn3cncn3)cc2)c(C)c1C. The van der Waals surface area contributed by atoms with Crippen molar-refractivity contribution in [1.82, 2.24) is 24.5 Å². The molecule has 0 unspecified atom stereocenters. The fraction of sp³-hybridized carbons (Fsp3) is 0.368. The van der Waals surface area contributed by atoms with Crippen LogP contribution in [-0.2, 0) is 17.9 Å². The van der Waals surface area contributed by atoms with Crippen molar-refractivity contribution in [3.8, 4) is 0 Å². The van der Waals surface area contributed by atoms with Gasteiger partial charge in [0.05, 0.1) is 24.7 Å². The first kappa shape index (κ1) is 17.8. The zero-order valence-corrected chi connectivity index (χ0v) is 15.6. The summed E-state index contributed by atoms with van der Waals surface area (Å²) in [6, 6.07) is 7.77. The van der Waals surface area contributed by atoms with Crippen molar-refractivity contribution in [2.45, 2.75) is 40.8 Å². The highest BCUT2D eigenvalue weighted by atomic mass is 16.1. The molecule has 0 fully saturated rings. The molecule has 0 aliphatic carbocycles. The maximum Gasteiger partial charge on any atom is 0.229 e. The second-order valence-electron chi connectivity index (χ2n) is 6.66. The summed E-state index contributed by atoms with van der Waals surface area (Å²) >= 11 is 0. The third-order valence-corrected chi connectivity index (χ3v) is 4.67. The summed E-state index contributed by atoms with van der Waals surface area (Å²) in [4.78, 5) is 16.4. The Labute approximate surface area is 153 Å². The van der Waals surface area contributed by atoms with Crippen LogP contribution in [-0.4, -0.2) is 30.5 Å². The number of amides is 1. The van der Waals surface area contributed by atoms with E-state index in [0.29, 0.717) is 13.1 Å². The monoisotopic (exact) mass is 352 g/mol. The largest absolute Gasteiger partial charge is 0.326 e. The first-order chi connectivity index (χ1) is 12.4. The summed E-state index contributed by atoms with van der Waals surface area (Å²) in [6.07, 6.45) is 3.19. The van der Waals surface area contributed by atoms with Crippen LogP contribution >= 0.6 is 0 Å². The minimum absolute atomic E-state index is 0.0146. The van der Waals surface area contributed by atoms with Gasteiger partial charge in [-0.2, -0.15) is 10.2 Å². The highest BCUT2D eigenvalue weighted by molar-refractivity contribution is 5.92. The van der Waals surface area contributed by atoms with Crippen molar-refractivity contribution in [1.29, 1.82) is 0 Å². The third-order valence-electron chi connectivity index (χ3n) is 4.67. The van der Waals surface area contributed by atoms with Gasteiger partial charge in [0, 0.05) is 11.4 Å². The van der Waals surface area contributed by atoms with Crippen molar-refractivity contribution in [3.63, 3.8) is 0 Å². The molecule has 26 heavy (non-hydrogen) atoms. The molecule has 1 N–H and O–H groups in total. The van der Waals surface area contributed by atoms with Gasteiger partial charge < -0.3 is 5.32 Å². The number of nitrogens with zero attached hydrogens (tertiary/aromatic N) is 5. The van der Waals surface area contributed by atoms with E-state index in [0.717, 1.165) is 22.6 Å². The van der Waals surface area contributed by atoms with Crippen molar-refractivity contribution < 1.29 is 4.79 Å². The number of carbonyl (C=O) groups is 1. The molecule has 0 aliphatic rings. The first-order valence-corrected chi connectivity index (χ1v) is 8.67. The molecular weight excluding hydrogens is 328 g/mol. The molecule has 2 heterocycles. The summed E-state index contributed by atoms with van der Waals surface area (Å²) in [5.41, 5.74) is 5.19. The summed E-state index contributed by atoms with van der Waals surface area (Å²) in [5.74, 6) is -0.193. The van der Waals surface area contributed by atoms with Gasteiger partial charge >= 0.3 is 0 Å². The number of rotatable bonds is 6. The van der Waals surface area contributed by atoms with Crippen LogP contribution in [0.2, 0.25) is 0 Å². The molecule has 3 rings (SSSR count). The molecule has 1 amide bonds. The second kappa shape index (κ2) is 7.51. The van der Waals surface area contributed by atoms with Gasteiger partial charge in [0.2, 0.25) is 5.91 Å². The van der Waals surface area contributed by atoms with Gasteiger partial charge in [-0.3, -0.25) is 9.48 Å². The van der Waals surface area contributed by atoms with Gasteiger partial charge in [-0.1, -0.05) is 19.1 Å². The zero-order chi connectivity index (χ0) is 18.7. The van der Waals surface area contributed by atoms with Gasteiger partial charge in [-0.25, -0.2) is 9.67 Å². The Kier molecular flexibility index (Phi) is 5.16. The summed E-state index contributed by atoms with van der Waals surface area (Å²) in [6.45, 7) is 9.22. The summed E-state index contributed by atoms with van der Waals surface area (Å²) in [5, 5.41) is 11.6. The van der Waals surface area contributed by atoms with Crippen LogP contribution < -0.4 is 5.32 Å². The molecule has 1 atom stereocenters. The van der Waals surface area contributed by atoms with E-state index in [9.17, 15) is 4.79 Å². The van der Waals surface area contributed by atoms with Crippen molar-refractivity contribution >= 4 is 11.6 Å². The van der Waals surface area contributed by atoms with E-state index in [4.69, 9.17) is 0 Å². The van der Waals surface area contributed by atoms with E-state index in [1.54, 1.807) is 11.0 Å². The first-order valence-electron chi connectivity index (χ1n) is 8.67. The Morgan fingerprint density at radius 1 is 1.19 bits per heavy atom. The summed E-state index contributed by atoms with van der Waals surface area (Å²) < 4.78 is 3.67. The Hall–Kier alpha value is -2.96. The molecule has 0 radical (unpaired) electrons. The van der Waals surface area contributed by atoms with Gasteiger partial charge in [0.1, 0.15) is 12.7 Å². The van der Waals surface area contributed by atoms with Gasteiger partial charge in [0.15, 0.2) is 0 Å². The number of nitrogens with one attached hydrogen (secondary N) is 1. The number of aromatic nitrogens is 5. The van der Waals surface area contributed by atoms with Crippen LogP contribution in [0.15, 0.2) is 36.9 Å². The van der Waals surface area contributed by atoms with Crippen LogP contribution in [0, 0.1) is 26.7 Å². The lowest BCUT2D eigenvalue weighted by molar-refractivity contribution is -0.119. The van der Waals surface area contributed by atoms with Crippen molar-refractivity contribution in [2.75, 3.05) is 5.32 Å². The van der Waals surface area contributed by atoms with Crippen LogP contribution in [0.25, 0.3) is 0 Å². The van der Waals surface area contributed by atoms with Gasteiger partial charge in [0.25, 0.3) is 0 Å². The predicted octanol–water partition coefficient (Wildman–Crippen LogP) is 2.72. The number of carbonyl (C=O) groups excluding carboxylic acids is 1. The Morgan fingerprint density at radius 2 is 1.92 bits per heavy atom. The van der Waals surface area contributed by atoms with Gasteiger partial charge in [-0.05, 0) is 44.0 Å². The third kappa shape index (κ3) is 3.99. The number of anilines is 1. The minimum atomic E-state index is -0.178. The van der Waals surface area contributed by atoms with Crippen LogP contribution in [0.4, 0.5) is 5.69 Å². The molecule has 0 spiro atoms. The smallest absolute Gasteiger partial charge is 0.229 e. The molecular formula is C19H24N6O. The van der Waals surface area contributed by atoms with Crippen LogP contribution in [0.1, 0.15) is 29.4 Å². The summed E-state index contributed by atoms with van der Waals surface area (Å²) in [7, 11) is 0. The highest BCUT2D eigenvalue weighted by Crippen LogP contribution is 2.15. The van der Waals surface area contributed by atoms with E-state index >= 15 is 0 Å². The van der Waals surface area contributed by atoms with E-state index in [2.05, 4.69) is 27.4 Å². The average molecular weight is 352 g/mol. The lowest BCUT2D eigenvalue weighted by Gasteiger charge is -2.14. The molecule has 1 aromatic carbocycles. The zero-order valence-electron chi connectivity index (χ0n) is 15.6. The van der Waals surface area contributed by atoms with E-state index < -0.39 is 0 Å². The fourth-order valence-corrected chi connectivity index (χ4v) is 2.77. The van der Waals surface area contributed by atoms with E-state index in [-0.39, 0.29) is 11.8 Å². The Balaban J connectivity index is 1.59. The van der Waals surface area contributed by atoms with E-state index in [1.165, 1.54) is 11.9 Å². The van der Waals surface area contributed by atoms with E-state index in [1.807, 2.05) is 49.7 Å². The Bertz CT molecular complexity index is 880. The molecule has 0 aliphatic heterocycles. The second-order valence-corrected chi connectivity index (χ2v) is 6.66. The van der Waals surface area contributed by atoms with Crippen molar-refractivity contribution in [3.05, 3.63) is 59.4 Å². The standard InChI is InChI=1S/C19H24N6O/c1-13(9-25-16(4)14(2)15(3)23-25)19(26)22-18-7-5-17(6-8-18)10-24-12-20-11-21-24/h5-8,11-13H,9-10H2,1-4H3,(H,22,26)/t13-/m0/s1. The number of benzene rings is 1. The Morgan fingerprint density at radius 3 is 2.50 bits per heavy atom. The number of hydrogen-bond donors (Lipinski definition) is 1.